The molecule has 114 valence electrons. The van der Waals surface area contributed by atoms with Gasteiger partial charge in [0.1, 0.15) is 4.90 Å². The Morgan fingerprint density at radius 2 is 1.80 bits per heavy atom. The third-order valence-electron chi connectivity index (χ3n) is 3.82. The predicted molar refractivity (Wildman–Crippen MR) is 76.9 cm³/mol. The summed E-state index contributed by atoms with van der Waals surface area (Å²) in [6.45, 7) is 7.43. The molecule has 1 aromatic heterocycles. The number of rotatable bonds is 4. The Morgan fingerprint density at radius 3 is 2.25 bits per heavy atom. The van der Waals surface area contributed by atoms with Gasteiger partial charge < -0.3 is 5.73 Å². The minimum absolute atomic E-state index is 0.354. The molecule has 0 spiro atoms. The molecule has 0 radical (unpaired) electrons. The minimum Gasteiger partial charge on any atom is -0.329 e. The Kier molecular flexibility index (Phi) is 4.48. The summed E-state index contributed by atoms with van der Waals surface area (Å²) >= 11 is 0. The fourth-order valence-electron chi connectivity index (χ4n) is 2.63. The molecule has 0 aromatic carbocycles. The van der Waals surface area contributed by atoms with Crippen LogP contribution in [-0.2, 0) is 17.1 Å². The molecule has 1 aromatic rings. The van der Waals surface area contributed by atoms with Crippen LogP contribution in [0, 0.1) is 13.8 Å². The number of sulfonamides is 1. The molecule has 8 heteroatoms. The SMILES string of the molecule is Cc1nn(C)c(C)c1S(=O)(=O)N1CCN(CCN)CC1. The van der Waals surface area contributed by atoms with E-state index in [4.69, 9.17) is 5.73 Å². The third kappa shape index (κ3) is 2.73. The highest BCUT2D eigenvalue weighted by molar-refractivity contribution is 7.89. The predicted octanol–water partition coefficient (Wildman–Crippen LogP) is -0.698. The van der Waals surface area contributed by atoms with Gasteiger partial charge in [-0.25, -0.2) is 8.42 Å². The first kappa shape index (κ1) is 15.4. The van der Waals surface area contributed by atoms with Crippen molar-refractivity contribution in [2.24, 2.45) is 12.8 Å². The van der Waals surface area contributed by atoms with E-state index < -0.39 is 10.0 Å². The lowest BCUT2D eigenvalue weighted by atomic mass is 10.3. The minimum atomic E-state index is -3.45. The van der Waals surface area contributed by atoms with Crippen molar-refractivity contribution < 1.29 is 8.42 Å². The second kappa shape index (κ2) is 5.80. The van der Waals surface area contributed by atoms with Crippen LogP contribution in [-0.4, -0.2) is 66.7 Å². The van der Waals surface area contributed by atoms with Crippen LogP contribution in [0.4, 0.5) is 0 Å². The first-order chi connectivity index (χ1) is 9.37. The summed E-state index contributed by atoms with van der Waals surface area (Å²) in [7, 11) is -1.68. The average molecular weight is 301 g/mol. The molecule has 0 amide bonds. The zero-order valence-corrected chi connectivity index (χ0v) is 13.2. The summed E-state index contributed by atoms with van der Waals surface area (Å²) in [5.41, 5.74) is 6.78. The highest BCUT2D eigenvalue weighted by atomic mass is 32.2. The fourth-order valence-corrected chi connectivity index (χ4v) is 4.45. The Bertz CT molecular complexity index is 573. The summed E-state index contributed by atoms with van der Waals surface area (Å²) in [5, 5.41) is 4.20. The molecule has 0 saturated carbocycles. The van der Waals surface area contributed by atoms with Crippen molar-refractivity contribution in [3.63, 3.8) is 0 Å². The summed E-state index contributed by atoms with van der Waals surface area (Å²) < 4.78 is 28.6. The molecule has 0 unspecified atom stereocenters. The van der Waals surface area contributed by atoms with Crippen LogP contribution in [0.1, 0.15) is 11.4 Å². The van der Waals surface area contributed by atoms with Crippen molar-refractivity contribution in [2.75, 3.05) is 39.3 Å². The van der Waals surface area contributed by atoms with Crippen molar-refractivity contribution in [3.05, 3.63) is 11.4 Å². The van der Waals surface area contributed by atoms with Gasteiger partial charge in [0.15, 0.2) is 0 Å². The van der Waals surface area contributed by atoms with E-state index in [1.165, 1.54) is 0 Å². The van der Waals surface area contributed by atoms with E-state index in [0.717, 1.165) is 19.6 Å². The van der Waals surface area contributed by atoms with Gasteiger partial charge in [0.25, 0.3) is 0 Å². The lowest BCUT2D eigenvalue weighted by Crippen LogP contribution is -2.49. The summed E-state index contributed by atoms with van der Waals surface area (Å²) in [5.74, 6) is 0. The number of piperazine rings is 1. The smallest absolute Gasteiger partial charge is 0.246 e. The second-order valence-corrected chi connectivity index (χ2v) is 7.03. The number of hydrogen-bond acceptors (Lipinski definition) is 5. The quantitative estimate of drug-likeness (QED) is 0.795. The Hall–Kier alpha value is -0.960. The van der Waals surface area contributed by atoms with Crippen molar-refractivity contribution in [2.45, 2.75) is 18.7 Å². The molecule has 2 N–H and O–H groups in total. The molecule has 1 fully saturated rings. The number of nitrogens with zero attached hydrogens (tertiary/aromatic N) is 4. The van der Waals surface area contributed by atoms with Crippen molar-refractivity contribution in [3.8, 4) is 0 Å². The molecule has 0 atom stereocenters. The zero-order valence-electron chi connectivity index (χ0n) is 12.3. The third-order valence-corrected chi connectivity index (χ3v) is 5.97. The first-order valence-electron chi connectivity index (χ1n) is 6.80. The standard InChI is InChI=1S/C12H23N5O2S/c1-10-12(11(2)15(3)14-10)20(18,19)17-8-6-16(5-4-13)7-9-17/h4-9,13H2,1-3H3. The highest BCUT2D eigenvalue weighted by Crippen LogP contribution is 2.23. The van der Waals surface area contributed by atoms with Gasteiger partial charge in [0.05, 0.1) is 11.4 Å². The van der Waals surface area contributed by atoms with Crippen LogP contribution in [0.2, 0.25) is 0 Å². The largest absolute Gasteiger partial charge is 0.329 e. The van der Waals surface area contributed by atoms with E-state index in [-0.39, 0.29) is 0 Å². The van der Waals surface area contributed by atoms with Crippen LogP contribution < -0.4 is 5.73 Å². The summed E-state index contributed by atoms with van der Waals surface area (Å²) in [6, 6.07) is 0. The maximum absolute atomic E-state index is 12.7. The van der Waals surface area contributed by atoms with Gasteiger partial charge >= 0.3 is 0 Å². The van der Waals surface area contributed by atoms with Crippen LogP contribution in [0.3, 0.4) is 0 Å². The van der Waals surface area contributed by atoms with Crippen LogP contribution in [0.25, 0.3) is 0 Å². The Morgan fingerprint density at radius 1 is 1.20 bits per heavy atom. The molecule has 20 heavy (non-hydrogen) atoms. The second-order valence-electron chi connectivity index (χ2n) is 5.16. The van der Waals surface area contributed by atoms with E-state index in [0.29, 0.717) is 35.9 Å². The fraction of sp³-hybridized carbons (Fsp3) is 0.750. The van der Waals surface area contributed by atoms with E-state index in [1.54, 1.807) is 29.9 Å². The van der Waals surface area contributed by atoms with Gasteiger partial charge in [-0.05, 0) is 13.8 Å². The van der Waals surface area contributed by atoms with Gasteiger partial charge in [-0.2, -0.15) is 9.40 Å². The molecule has 1 aliphatic rings. The maximum atomic E-state index is 12.7. The highest BCUT2D eigenvalue weighted by Gasteiger charge is 2.32. The first-order valence-corrected chi connectivity index (χ1v) is 8.24. The molecule has 1 aliphatic heterocycles. The molecule has 2 rings (SSSR count). The average Bonchev–Trinajstić information content (AvgIpc) is 2.64. The van der Waals surface area contributed by atoms with E-state index in [9.17, 15) is 8.42 Å². The number of aromatic nitrogens is 2. The molecular formula is C12H23N5O2S. The topological polar surface area (TPSA) is 84.5 Å². The number of nitrogens with two attached hydrogens (primary N) is 1. The van der Waals surface area contributed by atoms with Crippen LogP contribution in [0.15, 0.2) is 4.90 Å². The van der Waals surface area contributed by atoms with E-state index in [1.807, 2.05) is 0 Å². The number of hydrogen-bond donors (Lipinski definition) is 1. The summed E-state index contributed by atoms with van der Waals surface area (Å²) in [6.07, 6.45) is 0. The molecule has 0 aliphatic carbocycles. The van der Waals surface area contributed by atoms with Crippen LogP contribution >= 0.6 is 0 Å². The zero-order chi connectivity index (χ0) is 14.9. The molecule has 2 heterocycles. The van der Waals surface area contributed by atoms with Crippen LogP contribution in [0.5, 0.6) is 0 Å². The van der Waals surface area contributed by atoms with Gasteiger partial charge in [0.2, 0.25) is 10.0 Å². The lowest BCUT2D eigenvalue weighted by Gasteiger charge is -2.33. The van der Waals surface area contributed by atoms with Gasteiger partial charge in [-0.1, -0.05) is 0 Å². The van der Waals surface area contributed by atoms with Crippen molar-refractivity contribution in [1.29, 1.82) is 0 Å². The van der Waals surface area contributed by atoms with Gasteiger partial charge in [-0.15, -0.1) is 0 Å². The molecule has 1 saturated heterocycles. The van der Waals surface area contributed by atoms with Crippen molar-refractivity contribution >= 4 is 10.0 Å². The Balaban J connectivity index is 2.20. The summed E-state index contributed by atoms with van der Waals surface area (Å²) in [4.78, 5) is 2.54. The lowest BCUT2D eigenvalue weighted by molar-refractivity contribution is 0.192. The van der Waals surface area contributed by atoms with Crippen molar-refractivity contribution in [1.82, 2.24) is 19.0 Å². The Labute approximate surface area is 120 Å². The van der Waals surface area contributed by atoms with E-state index in [2.05, 4.69) is 10.00 Å². The number of aryl methyl sites for hydroxylation is 2. The molecule has 7 nitrogen and oxygen atoms in total. The molecule has 0 bridgehead atoms. The molecular weight excluding hydrogens is 278 g/mol. The van der Waals surface area contributed by atoms with E-state index >= 15 is 0 Å². The maximum Gasteiger partial charge on any atom is 0.246 e. The monoisotopic (exact) mass is 301 g/mol. The normalized spacial score (nSPS) is 18.6. The van der Waals surface area contributed by atoms with Gasteiger partial charge in [0, 0.05) is 46.3 Å². The van der Waals surface area contributed by atoms with Gasteiger partial charge in [-0.3, -0.25) is 9.58 Å².